The second-order valence-corrected chi connectivity index (χ2v) is 4.90. The van der Waals surface area contributed by atoms with Gasteiger partial charge in [0, 0.05) is 37.8 Å². The van der Waals surface area contributed by atoms with Gasteiger partial charge in [-0.15, -0.1) is 0 Å². The van der Waals surface area contributed by atoms with Crippen LogP contribution in [0.5, 0.6) is 11.5 Å². The van der Waals surface area contributed by atoms with Crippen LogP contribution in [0.3, 0.4) is 0 Å². The minimum atomic E-state index is 0.0556. The zero-order valence-corrected chi connectivity index (χ0v) is 11.9. The largest absolute Gasteiger partial charge is 0.454 e. The normalized spacial score (nSPS) is 12.6. The van der Waals surface area contributed by atoms with Crippen LogP contribution >= 0.6 is 0 Å². The highest BCUT2D eigenvalue weighted by atomic mass is 16.7. The summed E-state index contributed by atoms with van der Waals surface area (Å²) in [6, 6.07) is 5.66. The van der Waals surface area contributed by atoms with E-state index >= 15 is 0 Å². The average molecular weight is 279 g/mol. The van der Waals surface area contributed by atoms with E-state index in [0.717, 1.165) is 23.7 Å². The first-order chi connectivity index (χ1) is 9.65. The number of nitrogens with zero attached hydrogens (tertiary/aromatic N) is 1. The third kappa shape index (κ3) is 4.31. The number of benzene rings is 1. The Morgan fingerprint density at radius 3 is 2.85 bits per heavy atom. The standard InChI is InChI=1S/C14H21N3O3/c1-17(2)8-7-16-14(18)5-6-15-11-3-4-12-13(9-11)20-10-19-12/h3-4,9,15H,5-8,10H2,1-2H3,(H,16,18). The molecule has 1 amide bonds. The van der Waals surface area contributed by atoms with Crippen LogP contribution in [0, 0.1) is 0 Å². The first-order valence-corrected chi connectivity index (χ1v) is 6.70. The number of carbonyl (C=O) groups is 1. The van der Waals surface area contributed by atoms with Crippen LogP contribution in [0.15, 0.2) is 18.2 Å². The third-order valence-electron chi connectivity index (χ3n) is 2.93. The van der Waals surface area contributed by atoms with Gasteiger partial charge in [-0.1, -0.05) is 0 Å². The molecule has 0 bridgehead atoms. The number of anilines is 1. The minimum absolute atomic E-state index is 0.0556. The van der Waals surface area contributed by atoms with E-state index in [4.69, 9.17) is 9.47 Å². The molecule has 0 spiro atoms. The van der Waals surface area contributed by atoms with Crippen molar-refractivity contribution in [1.82, 2.24) is 10.2 Å². The van der Waals surface area contributed by atoms with Gasteiger partial charge in [-0.05, 0) is 26.2 Å². The predicted molar refractivity (Wildman–Crippen MR) is 77.2 cm³/mol. The van der Waals surface area contributed by atoms with Gasteiger partial charge in [-0.25, -0.2) is 0 Å². The zero-order chi connectivity index (χ0) is 14.4. The molecule has 0 saturated carbocycles. The molecule has 0 aromatic heterocycles. The van der Waals surface area contributed by atoms with Crippen molar-refractivity contribution >= 4 is 11.6 Å². The third-order valence-corrected chi connectivity index (χ3v) is 2.93. The average Bonchev–Trinajstić information content (AvgIpc) is 2.85. The molecule has 110 valence electrons. The molecule has 0 atom stereocenters. The number of likely N-dealkylation sites (N-methyl/N-ethyl adjacent to an activating group) is 1. The van der Waals surface area contributed by atoms with Gasteiger partial charge in [0.05, 0.1) is 0 Å². The molecule has 0 unspecified atom stereocenters. The maximum atomic E-state index is 11.6. The second kappa shape index (κ2) is 7.00. The van der Waals surface area contributed by atoms with Crippen LogP contribution < -0.4 is 20.1 Å². The van der Waals surface area contributed by atoms with Gasteiger partial charge in [-0.2, -0.15) is 0 Å². The quantitative estimate of drug-likeness (QED) is 0.776. The molecule has 1 aromatic carbocycles. The van der Waals surface area contributed by atoms with E-state index in [2.05, 4.69) is 10.6 Å². The molecule has 1 aliphatic heterocycles. The minimum Gasteiger partial charge on any atom is -0.454 e. The molecule has 1 aliphatic rings. The zero-order valence-electron chi connectivity index (χ0n) is 11.9. The topological polar surface area (TPSA) is 62.8 Å². The summed E-state index contributed by atoms with van der Waals surface area (Å²) in [6.07, 6.45) is 0.446. The van der Waals surface area contributed by atoms with Gasteiger partial charge < -0.3 is 25.0 Å². The van der Waals surface area contributed by atoms with E-state index in [1.807, 2.05) is 37.2 Å². The van der Waals surface area contributed by atoms with Crippen LogP contribution in [0.1, 0.15) is 6.42 Å². The lowest BCUT2D eigenvalue weighted by Crippen LogP contribution is -2.32. The molecular weight excluding hydrogens is 258 g/mol. The van der Waals surface area contributed by atoms with Crippen LogP contribution in [0.25, 0.3) is 0 Å². The van der Waals surface area contributed by atoms with E-state index in [1.165, 1.54) is 0 Å². The SMILES string of the molecule is CN(C)CCNC(=O)CCNc1ccc2c(c1)OCO2. The smallest absolute Gasteiger partial charge is 0.231 e. The molecule has 0 aliphatic carbocycles. The van der Waals surface area contributed by atoms with Gasteiger partial charge in [-0.3, -0.25) is 4.79 Å². The molecule has 0 saturated heterocycles. The Morgan fingerprint density at radius 1 is 1.25 bits per heavy atom. The van der Waals surface area contributed by atoms with Crippen LogP contribution in [-0.4, -0.2) is 51.3 Å². The lowest BCUT2D eigenvalue weighted by atomic mass is 10.2. The van der Waals surface area contributed by atoms with Gasteiger partial charge >= 0.3 is 0 Å². The van der Waals surface area contributed by atoms with E-state index in [1.54, 1.807) is 0 Å². The summed E-state index contributed by atoms with van der Waals surface area (Å²) in [6.45, 7) is 2.39. The molecule has 1 heterocycles. The fourth-order valence-corrected chi connectivity index (χ4v) is 1.83. The number of fused-ring (bicyclic) bond motifs is 1. The van der Waals surface area contributed by atoms with Gasteiger partial charge in [0.2, 0.25) is 12.7 Å². The Bertz CT molecular complexity index is 463. The Kier molecular flexibility index (Phi) is 5.06. The van der Waals surface area contributed by atoms with Crippen molar-refractivity contribution < 1.29 is 14.3 Å². The van der Waals surface area contributed by atoms with Gasteiger partial charge in [0.25, 0.3) is 0 Å². The summed E-state index contributed by atoms with van der Waals surface area (Å²) < 4.78 is 10.5. The van der Waals surface area contributed by atoms with Gasteiger partial charge in [0.15, 0.2) is 11.5 Å². The number of amides is 1. The summed E-state index contributed by atoms with van der Waals surface area (Å²) in [5.74, 6) is 1.56. The number of ether oxygens (including phenoxy) is 2. The van der Waals surface area contributed by atoms with E-state index in [0.29, 0.717) is 19.5 Å². The number of nitrogens with one attached hydrogen (secondary N) is 2. The Labute approximate surface area is 119 Å². The highest BCUT2D eigenvalue weighted by Crippen LogP contribution is 2.34. The molecular formula is C14H21N3O3. The maximum Gasteiger partial charge on any atom is 0.231 e. The van der Waals surface area contributed by atoms with Crippen LogP contribution in [0.2, 0.25) is 0 Å². The number of hydrogen-bond donors (Lipinski definition) is 2. The Hall–Kier alpha value is -1.95. The lowest BCUT2D eigenvalue weighted by Gasteiger charge is -2.11. The summed E-state index contributed by atoms with van der Waals surface area (Å²) in [4.78, 5) is 13.6. The highest BCUT2D eigenvalue weighted by Gasteiger charge is 2.12. The molecule has 20 heavy (non-hydrogen) atoms. The van der Waals surface area contributed by atoms with Crippen molar-refractivity contribution in [3.63, 3.8) is 0 Å². The van der Waals surface area contributed by atoms with Gasteiger partial charge in [0.1, 0.15) is 0 Å². The van der Waals surface area contributed by atoms with E-state index in [-0.39, 0.29) is 12.7 Å². The second-order valence-electron chi connectivity index (χ2n) is 4.90. The maximum absolute atomic E-state index is 11.6. The Morgan fingerprint density at radius 2 is 2.05 bits per heavy atom. The summed E-state index contributed by atoms with van der Waals surface area (Å²) in [5, 5.41) is 6.07. The number of rotatable bonds is 7. The molecule has 6 heteroatoms. The molecule has 0 radical (unpaired) electrons. The number of hydrogen-bond acceptors (Lipinski definition) is 5. The van der Waals surface area contributed by atoms with Crippen molar-refractivity contribution in [3.05, 3.63) is 18.2 Å². The fourth-order valence-electron chi connectivity index (χ4n) is 1.83. The lowest BCUT2D eigenvalue weighted by molar-refractivity contribution is -0.120. The molecule has 6 nitrogen and oxygen atoms in total. The first-order valence-electron chi connectivity index (χ1n) is 6.70. The molecule has 2 N–H and O–H groups in total. The molecule has 0 fully saturated rings. The fraction of sp³-hybridized carbons (Fsp3) is 0.500. The predicted octanol–water partition coefficient (Wildman–Crippen LogP) is 0.895. The summed E-state index contributed by atoms with van der Waals surface area (Å²) in [7, 11) is 3.96. The summed E-state index contributed by atoms with van der Waals surface area (Å²) >= 11 is 0. The van der Waals surface area contributed by atoms with Crippen LogP contribution in [0.4, 0.5) is 5.69 Å². The van der Waals surface area contributed by atoms with E-state index in [9.17, 15) is 4.79 Å². The van der Waals surface area contributed by atoms with Crippen molar-refractivity contribution in [3.8, 4) is 11.5 Å². The van der Waals surface area contributed by atoms with Crippen molar-refractivity contribution in [2.24, 2.45) is 0 Å². The highest BCUT2D eigenvalue weighted by molar-refractivity contribution is 5.76. The monoisotopic (exact) mass is 279 g/mol. The van der Waals surface area contributed by atoms with Crippen molar-refractivity contribution in [2.75, 3.05) is 45.8 Å². The molecule has 1 aromatic rings. The molecule has 2 rings (SSSR count). The van der Waals surface area contributed by atoms with Crippen molar-refractivity contribution in [2.45, 2.75) is 6.42 Å². The van der Waals surface area contributed by atoms with Crippen LogP contribution in [-0.2, 0) is 4.79 Å². The van der Waals surface area contributed by atoms with Crippen molar-refractivity contribution in [1.29, 1.82) is 0 Å². The van der Waals surface area contributed by atoms with E-state index < -0.39 is 0 Å². The number of carbonyl (C=O) groups excluding carboxylic acids is 1. The first kappa shape index (κ1) is 14.5. The Balaban J connectivity index is 1.66. The summed E-state index contributed by atoms with van der Waals surface area (Å²) in [5.41, 5.74) is 0.926.